The Bertz CT molecular complexity index is 893. The fourth-order valence-corrected chi connectivity index (χ4v) is 4.48. The average molecular weight is 464 g/mol. The second-order valence-corrected chi connectivity index (χ2v) is 8.97. The number of halogens is 1. The topological polar surface area (TPSA) is 86.8 Å². The number of piperazine rings is 1. The number of benzene rings is 1. The summed E-state index contributed by atoms with van der Waals surface area (Å²) in [5.74, 6) is -0.0735. The van der Waals surface area contributed by atoms with E-state index in [4.69, 9.17) is 16.3 Å². The number of aromatic nitrogens is 1. The summed E-state index contributed by atoms with van der Waals surface area (Å²) in [5.41, 5.74) is 1.30. The monoisotopic (exact) mass is 463 g/mol. The quantitative estimate of drug-likeness (QED) is 0.656. The molecule has 0 radical (unpaired) electrons. The summed E-state index contributed by atoms with van der Waals surface area (Å²) in [6, 6.07) is 7.32. The number of anilines is 2. The highest BCUT2D eigenvalue weighted by molar-refractivity contribution is 7.14. The first-order chi connectivity index (χ1) is 15.1. The molecular formula is C21H26ClN5O3S. The second-order valence-electron chi connectivity index (χ2n) is 7.68. The maximum atomic E-state index is 12.8. The Morgan fingerprint density at radius 2 is 1.97 bits per heavy atom. The van der Waals surface area contributed by atoms with E-state index in [1.165, 1.54) is 11.3 Å². The molecule has 0 bridgehead atoms. The first-order valence-corrected chi connectivity index (χ1v) is 11.7. The van der Waals surface area contributed by atoms with Crippen LogP contribution in [0.25, 0.3) is 0 Å². The standard InChI is InChI=1S/C21H26ClN5O3S/c22-15-3-5-16(6-4-15)24-21-25-18(14-31-21)20(29)27-9-7-26(8-10-27)13-19(28)23-12-17-2-1-11-30-17/h3-6,14,17H,1-2,7-13H2,(H,23,28)(H,24,25)/t17-/m1/s1. The normalized spacial score (nSPS) is 19.4. The molecule has 2 amide bonds. The molecule has 10 heteroatoms. The van der Waals surface area contributed by atoms with Crippen LogP contribution in [0.2, 0.25) is 5.02 Å². The van der Waals surface area contributed by atoms with Crippen LogP contribution in [-0.4, -0.2) is 78.6 Å². The lowest BCUT2D eigenvalue weighted by Crippen LogP contribution is -2.51. The molecule has 31 heavy (non-hydrogen) atoms. The minimum absolute atomic E-state index is 0.00712. The summed E-state index contributed by atoms with van der Waals surface area (Å²) in [4.78, 5) is 33.3. The van der Waals surface area contributed by atoms with Crippen LogP contribution in [0.15, 0.2) is 29.6 Å². The molecule has 1 aromatic heterocycles. The van der Waals surface area contributed by atoms with Crippen molar-refractivity contribution in [1.29, 1.82) is 0 Å². The van der Waals surface area contributed by atoms with Gasteiger partial charge in [-0.3, -0.25) is 14.5 Å². The zero-order chi connectivity index (χ0) is 21.6. The van der Waals surface area contributed by atoms with Crippen LogP contribution >= 0.6 is 22.9 Å². The van der Waals surface area contributed by atoms with Crippen molar-refractivity contribution in [3.8, 4) is 0 Å². The van der Waals surface area contributed by atoms with Crippen molar-refractivity contribution in [2.45, 2.75) is 18.9 Å². The minimum Gasteiger partial charge on any atom is -0.376 e. The highest BCUT2D eigenvalue weighted by Crippen LogP contribution is 2.23. The van der Waals surface area contributed by atoms with Gasteiger partial charge in [0.25, 0.3) is 5.91 Å². The fourth-order valence-electron chi connectivity index (χ4n) is 3.65. The van der Waals surface area contributed by atoms with E-state index in [1.807, 2.05) is 12.1 Å². The highest BCUT2D eigenvalue weighted by Gasteiger charge is 2.25. The van der Waals surface area contributed by atoms with E-state index in [0.29, 0.717) is 55.1 Å². The van der Waals surface area contributed by atoms with Gasteiger partial charge in [-0.15, -0.1) is 11.3 Å². The van der Waals surface area contributed by atoms with Crippen LogP contribution in [0.1, 0.15) is 23.3 Å². The van der Waals surface area contributed by atoms with Gasteiger partial charge in [-0.2, -0.15) is 0 Å². The smallest absolute Gasteiger partial charge is 0.273 e. The lowest BCUT2D eigenvalue weighted by Gasteiger charge is -2.34. The van der Waals surface area contributed by atoms with Gasteiger partial charge in [0.2, 0.25) is 5.91 Å². The first kappa shape index (κ1) is 22.0. The largest absolute Gasteiger partial charge is 0.376 e. The molecule has 1 aromatic carbocycles. The third-order valence-corrected chi connectivity index (χ3v) is 6.41. The zero-order valence-corrected chi connectivity index (χ0v) is 18.8. The second kappa shape index (κ2) is 10.4. The van der Waals surface area contributed by atoms with Crippen LogP contribution in [0, 0.1) is 0 Å². The molecular weight excluding hydrogens is 438 g/mol. The van der Waals surface area contributed by atoms with Gasteiger partial charge in [-0.1, -0.05) is 11.6 Å². The number of nitrogens with zero attached hydrogens (tertiary/aromatic N) is 3. The Balaban J connectivity index is 1.21. The van der Waals surface area contributed by atoms with Crippen molar-refractivity contribution in [3.63, 3.8) is 0 Å². The SMILES string of the molecule is O=C(CN1CCN(C(=O)c2csc(Nc3ccc(Cl)cc3)n2)CC1)NC[C@H]1CCCO1. The first-order valence-electron chi connectivity index (χ1n) is 10.4. The number of carbonyl (C=O) groups excluding carboxylic acids is 2. The fraction of sp³-hybridized carbons (Fsp3) is 0.476. The Labute approximate surface area is 190 Å². The van der Waals surface area contributed by atoms with Crippen molar-refractivity contribution in [2.75, 3.05) is 51.2 Å². The van der Waals surface area contributed by atoms with Crippen LogP contribution in [0.3, 0.4) is 0 Å². The molecule has 4 rings (SSSR count). The van der Waals surface area contributed by atoms with Gasteiger partial charge in [-0.05, 0) is 37.1 Å². The molecule has 8 nitrogen and oxygen atoms in total. The third-order valence-electron chi connectivity index (χ3n) is 5.40. The van der Waals surface area contributed by atoms with Crippen LogP contribution < -0.4 is 10.6 Å². The van der Waals surface area contributed by atoms with E-state index in [0.717, 1.165) is 25.1 Å². The molecule has 0 saturated carbocycles. The summed E-state index contributed by atoms with van der Waals surface area (Å²) in [7, 11) is 0. The average Bonchev–Trinajstić information content (AvgIpc) is 3.46. The molecule has 0 spiro atoms. The van der Waals surface area contributed by atoms with Gasteiger partial charge in [0, 0.05) is 55.4 Å². The lowest BCUT2D eigenvalue weighted by atomic mass is 10.2. The van der Waals surface area contributed by atoms with E-state index >= 15 is 0 Å². The van der Waals surface area contributed by atoms with Crippen molar-refractivity contribution >= 4 is 45.6 Å². The predicted octanol–water partition coefficient (Wildman–Crippen LogP) is 2.59. The molecule has 166 valence electrons. The molecule has 1 atom stereocenters. The van der Waals surface area contributed by atoms with Crippen molar-refractivity contribution in [1.82, 2.24) is 20.1 Å². The van der Waals surface area contributed by atoms with Crippen LogP contribution in [0.5, 0.6) is 0 Å². The van der Waals surface area contributed by atoms with Crippen molar-refractivity contribution < 1.29 is 14.3 Å². The van der Waals surface area contributed by atoms with Gasteiger partial charge in [0.15, 0.2) is 5.13 Å². The number of amides is 2. The molecule has 0 unspecified atom stereocenters. The Kier molecular flexibility index (Phi) is 7.39. The molecule has 2 aromatic rings. The number of hydrogen-bond acceptors (Lipinski definition) is 7. The number of carbonyl (C=O) groups is 2. The van der Waals surface area contributed by atoms with E-state index in [2.05, 4.69) is 20.5 Å². The van der Waals surface area contributed by atoms with Gasteiger partial charge >= 0.3 is 0 Å². The maximum Gasteiger partial charge on any atom is 0.273 e. The van der Waals surface area contributed by atoms with Gasteiger partial charge < -0.3 is 20.3 Å². The number of ether oxygens (including phenoxy) is 1. The van der Waals surface area contributed by atoms with E-state index in [1.54, 1.807) is 22.4 Å². The van der Waals surface area contributed by atoms with Gasteiger partial charge in [-0.25, -0.2) is 4.98 Å². The Morgan fingerprint density at radius 1 is 1.19 bits per heavy atom. The Morgan fingerprint density at radius 3 is 2.68 bits per heavy atom. The van der Waals surface area contributed by atoms with E-state index < -0.39 is 0 Å². The number of rotatable bonds is 7. The molecule has 3 heterocycles. The molecule has 0 aliphatic carbocycles. The summed E-state index contributed by atoms with van der Waals surface area (Å²) >= 11 is 7.29. The van der Waals surface area contributed by atoms with Gasteiger partial charge in [0.05, 0.1) is 12.6 Å². The zero-order valence-electron chi connectivity index (χ0n) is 17.2. The molecule has 2 fully saturated rings. The molecule has 2 saturated heterocycles. The number of hydrogen-bond donors (Lipinski definition) is 2. The highest BCUT2D eigenvalue weighted by atomic mass is 35.5. The number of nitrogens with one attached hydrogen (secondary N) is 2. The summed E-state index contributed by atoms with van der Waals surface area (Å²) < 4.78 is 5.53. The van der Waals surface area contributed by atoms with Gasteiger partial charge in [0.1, 0.15) is 5.69 Å². The summed E-state index contributed by atoms with van der Waals surface area (Å²) in [6.07, 6.45) is 2.22. The minimum atomic E-state index is -0.0807. The molecule has 2 aliphatic rings. The Hall–Kier alpha value is -2.20. The molecule has 2 aliphatic heterocycles. The van der Waals surface area contributed by atoms with Crippen LogP contribution in [-0.2, 0) is 9.53 Å². The number of thiazole rings is 1. The van der Waals surface area contributed by atoms with Crippen molar-refractivity contribution in [2.24, 2.45) is 0 Å². The van der Waals surface area contributed by atoms with Crippen molar-refractivity contribution in [3.05, 3.63) is 40.4 Å². The molecule has 2 N–H and O–H groups in total. The third kappa shape index (κ3) is 6.16. The lowest BCUT2D eigenvalue weighted by molar-refractivity contribution is -0.123. The maximum absolute atomic E-state index is 12.8. The summed E-state index contributed by atoms with van der Waals surface area (Å²) in [6.45, 7) is 4.20. The van der Waals surface area contributed by atoms with Crippen LogP contribution in [0.4, 0.5) is 10.8 Å². The van der Waals surface area contributed by atoms with E-state index in [9.17, 15) is 9.59 Å². The van der Waals surface area contributed by atoms with E-state index in [-0.39, 0.29) is 17.9 Å². The predicted molar refractivity (Wildman–Crippen MR) is 121 cm³/mol. The summed E-state index contributed by atoms with van der Waals surface area (Å²) in [5, 5.41) is 9.23.